The Balaban J connectivity index is 2.77. The van der Waals surface area contributed by atoms with Crippen LogP contribution in [-0.4, -0.2) is 37.7 Å². The van der Waals surface area contributed by atoms with Crippen LogP contribution in [0.3, 0.4) is 0 Å². The van der Waals surface area contributed by atoms with Crippen LogP contribution < -0.4 is 0 Å². The van der Waals surface area contributed by atoms with Crippen LogP contribution in [0.5, 0.6) is 0 Å². The zero-order chi connectivity index (χ0) is 12.1. The molecular weight excluding hydrogens is 278 g/mol. The molecule has 5 nitrogen and oxygen atoms in total. The number of carboxylic acids is 1. The van der Waals surface area contributed by atoms with E-state index in [4.69, 9.17) is 5.11 Å². The first-order chi connectivity index (χ1) is 7.56. The van der Waals surface area contributed by atoms with Gasteiger partial charge in [0, 0.05) is 17.1 Å². The third kappa shape index (κ3) is 3.26. The van der Waals surface area contributed by atoms with Crippen molar-refractivity contribution in [1.82, 2.24) is 4.98 Å². The molecule has 0 fully saturated rings. The van der Waals surface area contributed by atoms with Crippen LogP contribution in [0, 0.1) is 0 Å². The van der Waals surface area contributed by atoms with Gasteiger partial charge in [0.2, 0.25) is 0 Å². The number of nitrogens with zero attached hydrogens (tertiary/aromatic N) is 1. The molecule has 0 aromatic carbocycles. The van der Waals surface area contributed by atoms with Crippen molar-refractivity contribution in [3.63, 3.8) is 0 Å². The summed E-state index contributed by atoms with van der Waals surface area (Å²) in [7, 11) is 0. The largest absolute Gasteiger partial charge is 0.477 e. The lowest BCUT2D eigenvalue weighted by molar-refractivity contribution is 0.0171. The highest BCUT2D eigenvalue weighted by molar-refractivity contribution is 9.09. The summed E-state index contributed by atoms with van der Waals surface area (Å²) in [6.07, 6.45) is -0.280. The molecule has 0 amide bonds. The molecule has 2 unspecified atom stereocenters. The lowest BCUT2D eigenvalue weighted by Crippen LogP contribution is -2.19. The van der Waals surface area contributed by atoms with Crippen LogP contribution in [0.2, 0.25) is 0 Å². The predicted octanol–water partition coefficient (Wildman–Crippen LogP) is 0.959. The minimum absolute atomic E-state index is 0.0917. The Morgan fingerprint density at radius 2 is 2.12 bits per heavy atom. The molecule has 0 radical (unpaired) electrons. The van der Waals surface area contributed by atoms with Crippen LogP contribution in [0.1, 0.15) is 28.6 Å². The van der Waals surface area contributed by atoms with Gasteiger partial charge in [-0.1, -0.05) is 22.0 Å². The Morgan fingerprint density at radius 1 is 1.44 bits per heavy atom. The van der Waals surface area contributed by atoms with Crippen molar-refractivity contribution < 1.29 is 20.1 Å². The van der Waals surface area contributed by atoms with Gasteiger partial charge in [0.1, 0.15) is 11.8 Å². The summed E-state index contributed by atoms with van der Waals surface area (Å²) in [5, 5.41) is 28.4. The van der Waals surface area contributed by atoms with Crippen LogP contribution in [-0.2, 0) is 0 Å². The van der Waals surface area contributed by atoms with E-state index in [-0.39, 0.29) is 5.69 Å². The van der Waals surface area contributed by atoms with E-state index >= 15 is 0 Å². The van der Waals surface area contributed by atoms with Crippen molar-refractivity contribution in [1.29, 1.82) is 0 Å². The van der Waals surface area contributed by atoms with E-state index in [1.165, 1.54) is 18.3 Å². The average Bonchev–Trinajstić information content (AvgIpc) is 2.28. The summed E-state index contributed by atoms with van der Waals surface area (Å²) >= 11 is 3.16. The highest BCUT2D eigenvalue weighted by atomic mass is 79.9. The molecule has 1 aromatic heterocycles. The number of pyridine rings is 1. The highest BCUT2D eigenvalue weighted by Gasteiger charge is 2.18. The number of rotatable bonds is 5. The van der Waals surface area contributed by atoms with Crippen molar-refractivity contribution in [2.45, 2.75) is 18.6 Å². The normalized spacial score (nSPS) is 14.4. The minimum Gasteiger partial charge on any atom is -0.477 e. The summed E-state index contributed by atoms with van der Waals surface area (Å²) < 4.78 is 0. The number of aliphatic hydroxyl groups is 2. The number of carbonyl (C=O) groups is 1. The number of carboxylic acid groups (broad SMARTS) is 1. The summed E-state index contributed by atoms with van der Waals surface area (Å²) in [6, 6.07) is 2.74. The van der Waals surface area contributed by atoms with E-state index in [1.54, 1.807) is 0 Å². The standard InChI is InChI=1S/C10H12BrNO4/c11-4-3-8(13)9(14)6-1-2-7(10(15)16)12-5-6/h1-2,5,8-9,13-14H,3-4H2,(H,15,16). The molecule has 1 heterocycles. The fraction of sp³-hybridized carbons (Fsp3) is 0.400. The monoisotopic (exact) mass is 289 g/mol. The number of aromatic nitrogens is 1. The Labute approximate surface area is 101 Å². The lowest BCUT2D eigenvalue weighted by atomic mass is 10.0. The molecule has 0 bridgehead atoms. The maximum Gasteiger partial charge on any atom is 0.354 e. The van der Waals surface area contributed by atoms with Crippen LogP contribution in [0.4, 0.5) is 0 Å². The van der Waals surface area contributed by atoms with Gasteiger partial charge in [-0.15, -0.1) is 0 Å². The number of aromatic carboxylic acids is 1. The van der Waals surface area contributed by atoms with E-state index in [1.807, 2.05) is 0 Å². The van der Waals surface area contributed by atoms with Gasteiger partial charge in [0.05, 0.1) is 6.10 Å². The second-order valence-corrected chi connectivity index (χ2v) is 4.06. The third-order valence-electron chi connectivity index (χ3n) is 2.12. The second-order valence-electron chi connectivity index (χ2n) is 3.27. The third-order valence-corrected chi connectivity index (χ3v) is 2.57. The maximum absolute atomic E-state index is 10.5. The van der Waals surface area contributed by atoms with Gasteiger partial charge in [-0.2, -0.15) is 0 Å². The van der Waals surface area contributed by atoms with Crippen molar-refractivity contribution in [3.8, 4) is 0 Å². The van der Waals surface area contributed by atoms with Crippen LogP contribution in [0.15, 0.2) is 18.3 Å². The van der Waals surface area contributed by atoms with Gasteiger partial charge in [0.15, 0.2) is 0 Å². The van der Waals surface area contributed by atoms with E-state index in [0.29, 0.717) is 17.3 Å². The van der Waals surface area contributed by atoms with E-state index in [0.717, 1.165) is 0 Å². The Kier molecular flexibility index (Phi) is 4.85. The molecule has 0 saturated carbocycles. The minimum atomic E-state index is -1.12. The van der Waals surface area contributed by atoms with Crippen molar-refractivity contribution in [2.75, 3.05) is 5.33 Å². The molecule has 0 spiro atoms. The highest BCUT2D eigenvalue weighted by Crippen LogP contribution is 2.18. The smallest absolute Gasteiger partial charge is 0.354 e. The van der Waals surface area contributed by atoms with E-state index in [2.05, 4.69) is 20.9 Å². The molecule has 3 N–H and O–H groups in total. The molecule has 6 heteroatoms. The van der Waals surface area contributed by atoms with Crippen LogP contribution >= 0.6 is 15.9 Å². The summed E-state index contributed by atoms with van der Waals surface area (Å²) in [5.74, 6) is -1.12. The van der Waals surface area contributed by atoms with Gasteiger partial charge < -0.3 is 15.3 Å². The summed E-state index contributed by atoms with van der Waals surface area (Å²) in [4.78, 5) is 14.2. The fourth-order valence-corrected chi connectivity index (χ4v) is 1.67. The molecule has 16 heavy (non-hydrogen) atoms. The first-order valence-electron chi connectivity index (χ1n) is 4.67. The molecule has 88 valence electrons. The predicted molar refractivity (Wildman–Crippen MR) is 60.6 cm³/mol. The topological polar surface area (TPSA) is 90.7 Å². The first-order valence-corrected chi connectivity index (χ1v) is 5.79. The SMILES string of the molecule is O=C(O)c1ccc(C(O)C(O)CCBr)cn1. The molecule has 0 saturated heterocycles. The molecule has 0 aliphatic rings. The zero-order valence-corrected chi connectivity index (χ0v) is 9.96. The molecule has 1 rings (SSSR count). The molecule has 0 aliphatic carbocycles. The first kappa shape index (κ1) is 13.1. The summed E-state index contributed by atoms with van der Waals surface area (Å²) in [5.41, 5.74) is 0.310. The lowest BCUT2D eigenvalue weighted by Gasteiger charge is -2.16. The maximum atomic E-state index is 10.5. The molecule has 0 aliphatic heterocycles. The quantitative estimate of drug-likeness (QED) is 0.703. The van der Waals surface area contributed by atoms with Gasteiger partial charge in [-0.05, 0) is 12.5 Å². The van der Waals surface area contributed by atoms with Gasteiger partial charge >= 0.3 is 5.97 Å². The van der Waals surface area contributed by atoms with Crippen molar-refractivity contribution in [2.24, 2.45) is 0 Å². The summed E-state index contributed by atoms with van der Waals surface area (Å²) in [6.45, 7) is 0. The Morgan fingerprint density at radius 3 is 2.56 bits per heavy atom. The Hall–Kier alpha value is -0.980. The number of halogens is 1. The fourth-order valence-electron chi connectivity index (χ4n) is 1.20. The molecule has 1 aromatic rings. The van der Waals surface area contributed by atoms with E-state index < -0.39 is 18.2 Å². The number of hydrogen-bond donors (Lipinski definition) is 3. The Bertz CT molecular complexity index is 354. The zero-order valence-electron chi connectivity index (χ0n) is 8.38. The van der Waals surface area contributed by atoms with Crippen molar-refractivity contribution in [3.05, 3.63) is 29.6 Å². The molecule has 2 atom stereocenters. The number of hydrogen-bond acceptors (Lipinski definition) is 4. The number of aliphatic hydroxyl groups excluding tert-OH is 2. The van der Waals surface area contributed by atoms with Gasteiger partial charge in [-0.3, -0.25) is 0 Å². The van der Waals surface area contributed by atoms with Crippen molar-refractivity contribution >= 4 is 21.9 Å². The molecular formula is C10H12BrNO4. The number of alkyl halides is 1. The van der Waals surface area contributed by atoms with Gasteiger partial charge in [-0.25, -0.2) is 9.78 Å². The van der Waals surface area contributed by atoms with E-state index in [9.17, 15) is 15.0 Å². The van der Waals surface area contributed by atoms with Crippen LogP contribution in [0.25, 0.3) is 0 Å². The second kappa shape index (κ2) is 5.93. The average molecular weight is 290 g/mol. The van der Waals surface area contributed by atoms with Gasteiger partial charge in [0.25, 0.3) is 0 Å².